The van der Waals surface area contributed by atoms with E-state index in [0.29, 0.717) is 5.41 Å². The van der Waals surface area contributed by atoms with Gasteiger partial charge < -0.3 is 0 Å². The van der Waals surface area contributed by atoms with Gasteiger partial charge in [-0.05, 0) is 48.6 Å². The van der Waals surface area contributed by atoms with Gasteiger partial charge in [-0.2, -0.15) is 0 Å². The lowest BCUT2D eigenvalue weighted by atomic mass is 9.71. The van der Waals surface area contributed by atoms with Gasteiger partial charge in [0.1, 0.15) is 6.29 Å². The minimum Gasteiger partial charge on any atom is -0.298 e. The van der Waals surface area contributed by atoms with Crippen molar-refractivity contribution in [2.24, 2.45) is 11.3 Å². The van der Waals surface area contributed by atoms with E-state index in [-0.39, 0.29) is 0 Å². The molecule has 0 unspecified atom stereocenters. The molecule has 1 saturated carbocycles. The van der Waals surface area contributed by atoms with Crippen molar-refractivity contribution in [1.29, 1.82) is 0 Å². The zero-order valence-corrected chi connectivity index (χ0v) is 14.1. The van der Waals surface area contributed by atoms with Gasteiger partial charge in [0, 0.05) is 8.07 Å². The molecule has 0 radical (unpaired) electrons. The number of carbonyl (C=O) groups is 1. The van der Waals surface area contributed by atoms with Crippen LogP contribution in [0.3, 0.4) is 0 Å². The zero-order chi connectivity index (χ0) is 14.0. The number of aldehydes is 1. The molecule has 0 saturated heterocycles. The third-order valence-electron chi connectivity index (χ3n) is 4.13. The summed E-state index contributed by atoms with van der Waals surface area (Å²) in [7, 11) is -1.17. The van der Waals surface area contributed by atoms with Crippen molar-refractivity contribution in [1.82, 2.24) is 0 Å². The molecule has 0 aromatic carbocycles. The summed E-state index contributed by atoms with van der Waals surface area (Å²) in [4.78, 5) is 11.3. The third-order valence-corrected chi connectivity index (χ3v) is 5.57. The molecule has 1 nitrogen and oxygen atoms in total. The minimum atomic E-state index is -1.17. The van der Waals surface area contributed by atoms with Crippen LogP contribution in [-0.2, 0) is 4.79 Å². The first kappa shape index (κ1) is 15.7. The molecule has 18 heavy (non-hydrogen) atoms. The summed E-state index contributed by atoms with van der Waals surface area (Å²) >= 11 is 0. The molecular formula is C16H30OSi. The predicted octanol–water partition coefficient (Wildman–Crippen LogP) is 5.06. The summed E-state index contributed by atoms with van der Waals surface area (Å²) in [6.07, 6.45) is 5.98. The van der Waals surface area contributed by atoms with E-state index in [1.165, 1.54) is 18.4 Å². The monoisotopic (exact) mass is 266 g/mol. The van der Waals surface area contributed by atoms with Crippen molar-refractivity contribution in [3.63, 3.8) is 0 Å². The topological polar surface area (TPSA) is 17.1 Å². The molecular weight excluding hydrogens is 236 g/mol. The Morgan fingerprint density at radius 2 is 1.72 bits per heavy atom. The molecule has 2 heteroatoms. The molecule has 0 bridgehead atoms. The average Bonchev–Trinajstić information content (AvgIpc) is 2.24. The summed E-state index contributed by atoms with van der Waals surface area (Å²) in [5.41, 5.74) is 3.03. The van der Waals surface area contributed by atoms with Gasteiger partial charge in [-0.25, -0.2) is 0 Å². The van der Waals surface area contributed by atoms with E-state index >= 15 is 0 Å². The van der Waals surface area contributed by atoms with Crippen LogP contribution in [0, 0.1) is 11.3 Å². The van der Waals surface area contributed by atoms with Gasteiger partial charge in [0.05, 0.1) is 0 Å². The van der Waals surface area contributed by atoms with Crippen LogP contribution in [0.25, 0.3) is 0 Å². The van der Waals surface area contributed by atoms with Gasteiger partial charge in [-0.15, -0.1) is 0 Å². The van der Waals surface area contributed by atoms with E-state index in [1.54, 1.807) is 0 Å². The van der Waals surface area contributed by atoms with Crippen LogP contribution < -0.4 is 0 Å². The molecule has 0 N–H and O–H groups in total. The Kier molecular flexibility index (Phi) is 4.99. The quantitative estimate of drug-likeness (QED) is 0.396. The Morgan fingerprint density at radius 3 is 2.06 bits per heavy atom. The molecule has 0 aromatic heterocycles. The lowest BCUT2D eigenvalue weighted by Gasteiger charge is -2.35. The normalized spacial score (nSPS) is 21.9. The Hall–Kier alpha value is -0.373. The highest BCUT2D eigenvalue weighted by atomic mass is 28.3. The predicted molar refractivity (Wildman–Crippen MR) is 82.7 cm³/mol. The smallest absolute Gasteiger partial charge is 0.145 e. The maximum Gasteiger partial charge on any atom is 0.145 e. The third kappa shape index (κ3) is 4.72. The average molecular weight is 267 g/mol. The molecule has 0 heterocycles. The number of rotatable bonds is 3. The van der Waals surface area contributed by atoms with Crippen molar-refractivity contribution in [3.05, 3.63) is 11.1 Å². The minimum absolute atomic E-state index is 0.422. The maximum absolute atomic E-state index is 11.3. The van der Waals surface area contributed by atoms with Crippen molar-refractivity contribution in [2.45, 2.75) is 72.1 Å². The van der Waals surface area contributed by atoms with Gasteiger partial charge in [-0.1, -0.05) is 46.0 Å². The van der Waals surface area contributed by atoms with Crippen LogP contribution >= 0.6 is 0 Å². The van der Waals surface area contributed by atoms with Crippen LogP contribution in [0.4, 0.5) is 0 Å². The number of hydrogen-bond donors (Lipinski definition) is 0. The van der Waals surface area contributed by atoms with E-state index in [2.05, 4.69) is 40.4 Å². The molecule has 1 aliphatic rings. The first-order chi connectivity index (χ1) is 8.13. The summed E-state index contributed by atoms with van der Waals surface area (Å²) in [5, 5.41) is 0. The first-order valence-electron chi connectivity index (χ1n) is 7.29. The van der Waals surface area contributed by atoms with Crippen LogP contribution in [0.15, 0.2) is 11.1 Å². The van der Waals surface area contributed by atoms with E-state index in [9.17, 15) is 4.79 Å². The molecule has 0 amide bonds. The van der Waals surface area contributed by atoms with Crippen molar-refractivity contribution >= 4 is 14.4 Å². The Labute approximate surface area is 114 Å². The molecule has 0 spiro atoms. The van der Waals surface area contributed by atoms with Gasteiger partial charge >= 0.3 is 0 Å². The van der Waals surface area contributed by atoms with Crippen LogP contribution in [0.1, 0.15) is 46.5 Å². The second kappa shape index (κ2) is 5.73. The van der Waals surface area contributed by atoms with Crippen LogP contribution in [0.5, 0.6) is 0 Å². The molecule has 0 aliphatic heterocycles. The second-order valence-corrected chi connectivity index (χ2v) is 13.6. The molecule has 1 rings (SSSR count). The molecule has 1 fully saturated rings. The van der Waals surface area contributed by atoms with Crippen molar-refractivity contribution in [3.8, 4) is 0 Å². The lowest BCUT2D eigenvalue weighted by Crippen LogP contribution is -2.25. The fourth-order valence-electron chi connectivity index (χ4n) is 2.97. The van der Waals surface area contributed by atoms with Crippen LogP contribution in [-0.4, -0.2) is 14.4 Å². The highest BCUT2D eigenvalue weighted by molar-refractivity contribution is 6.77. The number of hydrogen-bond acceptors (Lipinski definition) is 1. The fraction of sp³-hybridized carbons (Fsp3) is 0.812. The van der Waals surface area contributed by atoms with Crippen molar-refractivity contribution < 1.29 is 4.79 Å². The Morgan fingerprint density at radius 1 is 1.22 bits per heavy atom. The van der Waals surface area contributed by atoms with E-state index in [4.69, 9.17) is 0 Å². The van der Waals surface area contributed by atoms with E-state index in [1.807, 2.05) is 0 Å². The SMILES string of the molecule is CC(C)(C)C1CCC(=C(C=O)C[Si](C)(C)C)CC1. The summed E-state index contributed by atoms with van der Waals surface area (Å²) < 4.78 is 0. The molecule has 0 aromatic rings. The van der Waals surface area contributed by atoms with E-state index < -0.39 is 8.07 Å². The summed E-state index contributed by atoms with van der Waals surface area (Å²) in [6.45, 7) is 14.1. The molecule has 104 valence electrons. The summed E-state index contributed by atoms with van der Waals surface area (Å²) in [5.74, 6) is 0.820. The first-order valence-corrected chi connectivity index (χ1v) is 11.0. The molecule has 0 atom stereocenters. The lowest BCUT2D eigenvalue weighted by molar-refractivity contribution is -0.104. The fourth-order valence-corrected chi connectivity index (χ4v) is 4.45. The number of carbonyl (C=O) groups excluding carboxylic acids is 1. The summed E-state index contributed by atoms with van der Waals surface area (Å²) in [6, 6.07) is 1.06. The highest BCUT2D eigenvalue weighted by Crippen LogP contribution is 2.40. The standard InChI is InChI=1S/C16H30OSi/c1-16(2,3)15-9-7-13(8-10-15)14(11-17)12-18(4,5)6/h11,15H,7-10,12H2,1-6H3. The second-order valence-electron chi connectivity index (χ2n) is 8.12. The maximum atomic E-state index is 11.3. The number of allylic oxidation sites excluding steroid dienone is 2. The molecule has 1 aliphatic carbocycles. The highest BCUT2D eigenvalue weighted by Gasteiger charge is 2.29. The van der Waals surface area contributed by atoms with Crippen molar-refractivity contribution in [2.75, 3.05) is 0 Å². The largest absolute Gasteiger partial charge is 0.298 e. The van der Waals surface area contributed by atoms with Gasteiger partial charge in [0.15, 0.2) is 0 Å². The Bertz CT molecular complexity index is 318. The van der Waals surface area contributed by atoms with Crippen LogP contribution in [0.2, 0.25) is 25.7 Å². The Balaban J connectivity index is 2.72. The van der Waals surface area contributed by atoms with E-state index in [0.717, 1.165) is 36.7 Å². The zero-order valence-electron chi connectivity index (χ0n) is 13.1. The van der Waals surface area contributed by atoms with Gasteiger partial charge in [-0.3, -0.25) is 4.79 Å². The van der Waals surface area contributed by atoms with Gasteiger partial charge in [0.2, 0.25) is 0 Å². The van der Waals surface area contributed by atoms with Gasteiger partial charge in [0.25, 0.3) is 0 Å².